The van der Waals surface area contributed by atoms with E-state index in [1.807, 2.05) is 19.9 Å². The Hall–Kier alpha value is -2.34. The van der Waals surface area contributed by atoms with Gasteiger partial charge in [-0.1, -0.05) is 18.6 Å². The number of ketones is 1. The third kappa shape index (κ3) is 3.78. The van der Waals surface area contributed by atoms with Crippen molar-refractivity contribution < 1.29 is 24.2 Å². The predicted octanol–water partition coefficient (Wildman–Crippen LogP) is 3.50. The highest BCUT2D eigenvalue weighted by Crippen LogP contribution is 2.47. The molecule has 1 aromatic rings. The second-order valence-electron chi connectivity index (χ2n) is 8.42. The molecule has 0 radical (unpaired) electrons. The van der Waals surface area contributed by atoms with Gasteiger partial charge in [0.2, 0.25) is 0 Å². The van der Waals surface area contributed by atoms with E-state index in [0.29, 0.717) is 25.1 Å². The van der Waals surface area contributed by atoms with Gasteiger partial charge in [-0.15, -0.1) is 0 Å². The van der Waals surface area contributed by atoms with Crippen molar-refractivity contribution in [2.24, 2.45) is 5.92 Å². The lowest BCUT2D eigenvalue weighted by atomic mass is 9.77. The largest absolute Gasteiger partial charge is 0.508 e. The number of carbonyl (C=O) groups excluding carboxylic acids is 2. The minimum Gasteiger partial charge on any atom is -0.508 e. The number of nitrogens with zero attached hydrogens (tertiary/aromatic N) is 1. The fourth-order valence-corrected chi connectivity index (χ4v) is 4.72. The minimum absolute atomic E-state index is 0.0403. The molecule has 1 saturated carbocycles. The number of benzene rings is 1. The lowest BCUT2D eigenvalue weighted by Gasteiger charge is -2.35. The summed E-state index contributed by atoms with van der Waals surface area (Å²) in [4.78, 5) is 28.4. The van der Waals surface area contributed by atoms with Gasteiger partial charge in [0.05, 0.1) is 23.6 Å². The van der Waals surface area contributed by atoms with Gasteiger partial charge >= 0.3 is 0 Å². The Bertz CT molecular complexity index is 830. The molecule has 0 bridgehead atoms. The first kappa shape index (κ1) is 20.0. The van der Waals surface area contributed by atoms with Crippen LogP contribution in [-0.4, -0.2) is 47.1 Å². The molecule has 3 unspecified atom stereocenters. The molecule has 1 aliphatic carbocycles. The lowest BCUT2D eigenvalue weighted by Crippen LogP contribution is -2.39. The zero-order valence-corrected chi connectivity index (χ0v) is 17.1. The van der Waals surface area contributed by atoms with E-state index in [2.05, 4.69) is 0 Å². The van der Waals surface area contributed by atoms with Crippen LogP contribution in [0.1, 0.15) is 57.6 Å². The number of fused-ring (bicyclic) bond motifs is 1. The van der Waals surface area contributed by atoms with Gasteiger partial charge in [0.25, 0.3) is 5.91 Å². The van der Waals surface area contributed by atoms with Crippen molar-refractivity contribution in [3.05, 3.63) is 41.2 Å². The van der Waals surface area contributed by atoms with Crippen molar-refractivity contribution >= 4 is 11.7 Å². The van der Waals surface area contributed by atoms with E-state index in [1.165, 1.54) is 0 Å². The zero-order valence-electron chi connectivity index (χ0n) is 17.1. The van der Waals surface area contributed by atoms with Crippen LogP contribution in [0.15, 0.2) is 35.6 Å². The number of aromatic hydroxyl groups is 1. The summed E-state index contributed by atoms with van der Waals surface area (Å²) in [6.45, 7) is 4.96. The Labute approximate surface area is 171 Å². The van der Waals surface area contributed by atoms with Crippen LogP contribution >= 0.6 is 0 Å². The van der Waals surface area contributed by atoms with Crippen molar-refractivity contribution in [3.63, 3.8) is 0 Å². The van der Waals surface area contributed by atoms with Crippen LogP contribution in [-0.2, 0) is 19.1 Å². The SMILES string of the molecule is CC(C)OCCCN1C(=O)C2=C(C(=O)C3CCCCC3O2)C1c1cccc(O)c1. The highest BCUT2D eigenvalue weighted by atomic mass is 16.5. The first-order valence-electron chi connectivity index (χ1n) is 10.6. The van der Waals surface area contributed by atoms with Crippen LogP contribution in [0.5, 0.6) is 5.75 Å². The van der Waals surface area contributed by atoms with Crippen molar-refractivity contribution in [2.45, 2.75) is 64.2 Å². The number of amides is 1. The summed E-state index contributed by atoms with van der Waals surface area (Å²) in [5, 5.41) is 9.99. The van der Waals surface area contributed by atoms with E-state index < -0.39 is 6.04 Å². The summed E-state index contributed by atoms with van der Waals surface area (Å²) in [5.74, 6) is -0.0174. The monoisotopic (exact) mass is 399 g/mol. The molecular weight excluding hydrogens is 370 g/mol. The maximum Gasteiger partial charge on any atom is 0.290 e. The first-order valence-corrected chi connectivity index (χ1v) is 10.6. The van der Waals surface area contributed by atoms with Gasteiger partial charge < -0.3 is 19.5 Å². The van der Waals surface area contributed by atoms with Gasteiger partial charge in [0.15, 0.2) is 11.5 Å². The molecule has 0 spiro atoms. The molecule has 2 aliphatic heterocycles. The van der Waals surface area contributed by atoms with Gasteiger partial charge in [-0.3, -0.25) is 9.59 Å². The van der Waals surface area contributed by atoms with Gasteiger partial charge in [0.1, 0.15) is 11.9 Å². The van der Waals surface area contributed by atoms with E-state index in [1.54, 1.807) is 23.1 Å². The van der Waals surface area contributed by atoms with Gasteiger partial charge in [-0.25, -0.2) is 0 Å². The topological polar surface area (TPSA) is 76.1 Å². The summed E-state index contributed by atoms with van der Waals surface area (Å²) in [5.41, 5.74) is 1.20. The molecule has 6 nitrogen and oxygen atoms in total. The molecule has 6 heteroatoms. The van der Waals surface area contributed by atoms with E-state index in [4.69, 9.17) is 9.47 Å². The Morgan fingerprint density at radius 2 is 2.03 bits per heavy atom. The number of Topliss-reactive ketones (excluding diaryl/α,β-unsaturated/α-hetero) is 1. The summed E-state index contributed by atoms with van der Waals surface area (Å²) < 4.78 is 11.8. The molecule has 156 valence electrons. The molecule has 3 atom stereocenters. The lowest BCUT2D eigenvalue weighted by molar-refractivity contribution is -0.135. The van der Waals surface area contributed by atoms with Crippen molar-refractivity contribution in [1.29, 1.82) is 0 Å². The van der Waals surface area contributed by atoms with E-state index in [-0.39, 0.29) is 41.3 Å². The second-order valence-corrected chi connectivity index (χ2v) is 8.42. The van der Waals surface area contributed by atoms with Crippen LogP contribution in [0.3, 0.4) is 0 Å². The molecular formula is C23H29NO5. The number of carbonyl (C=O) groups is 2. The Kier molecular flexibility index (Phi) is 5.63. The number of hydrogen-bond donors (Lipinski definition) is 1. The molecule has 3 aliphatic rings. The highest BCUT2D eigenvalue weighted by Gasteiger charge is 2.51. The summed E-state index contributed by atoms with van der Waals surface area (Å²) in [6.07, 6.45) is 4.28. The quantitative estimate of drug-likeness (QED) is 0.741. The number of hydrogen-bond acceptors (Lipinski definition) is 5. The molecule has 29 heavy (non-hydrogen) atoms. The fourth-order valence-electron chi connectivity index (χ4n) is 4.72. The van der Waals surface area contributed by atoms with Crippen molar-refractivity contribution in [3.8, 4) is 5.75 Å². The Morgan fingerprint density at radius 1 is 1.24 bits per heavy atom. The number of rotatable bonds is 6. The van der Waals surface area contributed by atoms with Crippen LogP contribution in [0, 0.1) is 5.92 Å². The summed E-state index contributed by atoms with van der Waals surface area (Å²) in [6, 6.07) is 6.30. The standard InChI is InChI=1S/C23H29NO5/c1-14(2)28-12-6-11-24-20(15-7-5-8-16(25)13-15)19-21(26)17-9-3-4-10-18(17)29-22(19)23(24)27/h5,7-8,13-14,17-18,20,25H,3-4,6,9-12H2,1-2H3. The number of phenols is 1. The molecule has 0 aromatic heterocycles. The predicted molar refractivity (Wildman–Crippen MR) is 107 cm³/mol. The van der Waals surface area contributed by atoms with E-state index in [9.17, 15) is 14.7 Å². The number of ether oxygens (including phenoxy) is 2. The molecule has 2 heterocycles. The number of phenolic OH excluding ortho intramolecular Hbond substituents is 1. The van der Waals surface area contributed by atoms with E-state index >= 15 is 0 Å². The van der Waals surface area contributed by atoms with Gasteiger partial charge in [-0.2, -0.15) is 0 Å². The van der Waals surface area contributed by atoms with Crippen LogP contribution < -0.4 is 0 Å². The highest BCUT2D eigenvalue weighted by molar-refractivity contribution is 6.11. The maximum absolute atomic E-state index is 13.4. The molecule has 1 fully saturated rings. The van der Waals surface area contributed by atoms with Crippen molar-refractivity contribution in [2.75, 3.05) is 13.2 Å². The van der Waals surface area contributed by atoms with E-state index in [0.717, 1.165) is 31.2 Å². The smallest absolute Gasteiger partial charge is 0.290 e. The molecule has 1 N–H and O–H groups in total. The fraction of sp³-hybridized carbons (Fsp3) is 0.565. The third-order valence-corrected chi connectivity index (χ3v) is 6.04. The Morgan fingerprint density at radius 3 is 2.79 bits per heavy atom. The van der Waals surface area contributed by atoms with Crippen LogP contribution in [0.2, 0.25) is 0 Å². The minimum atomic E-state index is -0.515. The molecule has 1 aromatic carbocycles. The third-order valence-electron chi connectivity index (χ3n) is 6.04. The average Bonchev–Trinajstić information content (AvgIpc) is 2.98. The second kappa shape index (κ2) is 8.19. The molecule has 4 rings (SSSR count). The Balaban J connectivity index is 1.66. The summed E-state index contributed by atoms with van der Waals surface area (Å²) >= 11 is 0. The van der Waals surface area contributed by atoms with Crippen LogP contribution in [0.4, 0.5) is 0 Å². The molecule has 1 amide bonds. The summed E-state index contributed by atoms with van der Waals surface area (Å²) in [7, 11) is 0. The zero-order chi connectivity index (χ0) is 20.5. The maximum atomic E-state index is 13.4. The normalized spacial score (nSPS) is 26.6. The van der Waals surface area contributed by atoms with Gasteiger partial charge in [-0.05, 0) is 57.2 Å². The first-order chi connectivity index (χ1) is 14.0. The van der Waals surface area contributed by atoms with Crippen molar-refractivity contribution in [1.82, 2.24) is 4.90 Å². The van der Waals surface area contributed by atoms with Crippen LogP contribution in [0.25, 0.3) is 0 Å². The average molecular weight is 399 g/mol. The van der Waals surface area contributed by atoms with Gasteiger partial charge in [0, 0.05) is 13.2 Å². The molecule has 0 saturated heterocycles.